The predicted molar refractivity (Wildman–Crippen MR) is 70.2 cm³/mol. The summed E-state index contributed by atoms with van der Waals surface area (Å²) in [6.07, 6.45) is 2.77. The fourth-order valence-corrected chi connectivity index (χ4v) is 3.87. The molecule has 0 fully saturated rings. The number of nitrogens with one attached hydrogen (secondary N) is 1. The summed E-state index contributed by atoms with van der Waals surface area (Å²) < 4.78 is 11.9. The number of rotatable bonds is 7. The maximum Gasteiger partial charge on any atom is 0.267 e. The van der Waals surface area contributed by atoms with Crippen LogP contribution in [0.5, 0.6) is 0 Å². The monoisotopic (exact) mass is 261 g/mol. The van der Waals surface area contributed by atoms with Gasteiger partial charge in [-0.3, -0.25) is 4.57 Å². The minimum absolute atomic E-state index is 0.151. The molecule has 1 rings (SSSR count). The second-order valence-corrected chi connectivity index (χ2v) is 6.84. The van der Waals surface area contributed by atoms with Gasteiger partial charge in [0.25, 0.3) is 7.52 Å². The van der Waals surface area contributed by atoms with Crippen LogP contribution in [0.4, 0.5) is 0 Å². The first-order chi connectivity index (χ1) is 7.57. The Labute approximate surface area is 101 Å². The summed E-state index contributed by atoms with van der Waals surface area (Å²) in [6, 6.07) is 2.15. The van der Waals surface area contributed by atoms with Crippen molar-refractivity contribution in [1.29, 1.82) is 0 Å². The van der Waals surface area contributed by atoms with Crippen LogP contribution in [0.3, 0.4) is 0 Å². The zero-order valence-corrected chi connectivity index (χ0v) is 11.6. The Balaban J connectivity index is 2.42. The topological polar surface area (TPSA) is 49.3 Å². The van der Waals surface area contributed by atoms with Gasteiger partial charge in [0.1, 0.15) is 0 Å². The maximum absolute atomic E-state index is 11.9. The summed E-state index contributed by atoms with van der Waals surface area (Å²) in [4.78, 5) is 9.79. The quantitative estimate of drug-likeness (QED) is 0.741. The van der Waals surface area contributed by atoms with Crippen LogP contribution in [0, 0.1) is 0 Å². The van der Waals surface area contributed by atoms with Gasteiger partial charge in [-0.2, -0.15) is 11.3 Å². The maximum atomic E-state index is 11.9. The summed E-state index contributed by atoms with van der Waals surface area (Å²) in [7, 11) is -3.17. The van der Waals surface area contributed by atoms with Crippen molar-refractivity contribution in [3.8, 4) is 0 Å². The lowest BCUT2D eigenvalue weighted by Gasteiger charge is -2.19. The van der Waals surface area contributed by atoms with E-state index in [0.717, 1.165) is 18.4 Å². The van der Waals surface area contributed by atoms with Gasteiger partial charge in [0.15, 0.2) is 0 Å². The molecule has 0 aliphatic carbocycles. The first kappa shape index (κ1) is 13.9. The van der Waals surface area contributed by atoms with Gasteiger partial charge >= 0.3 is 0 Å². The normalized spacial score (nSPS) is 15.2. The van der Waals surface area contributed by atoms with Crippen molar-refractivity contribution >= 4 is 18.9 Å². The second kappa shape index (κ2) is 6.55. The third-order valence-electron chi connectivity index (χ3n) is 2.65. The number of hydrogen-bond donors (Lipinski definition) is 2. The molecule has 1 aromatic heterocycles. The molecule has 0 amide bonds. The SMILES string of the molecule is CCC(CC)NP(=O)(O)CCc1ccsc1. The third kappa shape index (κ3) is 4.79. The molecular formula is C11H20NO2PS. The molecule has 3 nitrogen and oxygen atoms in total. The standard InChI is InChI=1S/C11H20NO2PS/c1-3-11(4-2)12-15(13,14)7-5-10-6-8-16-9-10/h6,8-9,11H,3-5,7H2,1-2H3,(H2,12,13,14). The Morgan fingerprint density at radius 3 is 2.69 bits per heavy atom. The van der Waals surface area contributed by atoms with Crippen molar-refractivity contribution in [2.24, 2.45) is 0 Å². The van der Waals surface area contributed by atoms with E-state index >= 15 is 0 Å². The zero-order chi connectivity index (χ0) is 12.0. The molecule has 0 saturated heterocycles. The van der Waals surface area contributed by atoms with Gasteiger partial charge in [-0.05, 0) is 41.7 Å². The van der Waals surface area contributed by atoms with E-state index in [1.165, 1.54) is 0 Å². The number of hydrogen-bond acceptors (Lipinski definition) is 2. The lowest BCUT2D eigenvalue weighted by molar-refractivity contribution is 0.439. The molecule has 16 heavy (non-hydrogen) atoms. The average molecular weight is 261 g/mol. The Morgan fingerprint density at radius 1 is 1.50 bits per heavy atom. The first-order valence-corrected chi connectivity index (χ1v) is 8.47. The summed E-state index contributed by atoms with van der Waals surface area (Å²) in [5, 5.41) is 6.89. The van der Waals surface area contributed by atoms with E-state index in [1.54, 1.807) is 11.3 Å². The highest BCUT2D eigenvalue weighted by atomic mass is 32.1. The predicted octanol–water partition coefficient (Wildman–Crippen LogP) is 3.25. The Bertz CT molecular complexity index is 336. The van der Waals surface area contributed by atoms with Crippen molar-refractivity contribution in [2.45, 2.75) is 39.2 Å². The Hall–Kier alpha value is -0.150. The molecule has 0 bridgehead atoms. The van der Waals surface area contributed by atoms with Gasteiger partial charge in [-0.1, -0.05) is 13.8 Å². The molecule has 0 saturated carbocycles. The second-order valence-electron chi connectivity index (χ2n) is 3.95. The lowest BCUT2D eigenvalue weighted by atomic mass is 10.2. The molecule has 1 heterocycles. The summed E-state index contributed by atoms with van der Waals surface area (Å²) in [6.45, 7) is 4.06. The zero-order valence-electron chi connectivity index (χ0n) is 9.85. The molecule has 0 aliphatic rings. The van der Waals surface area contributed by atoms with Crippen molar-refractivity contribution in [1.82, 2.24) is 5.09 Å². The van der Waals surface area contributed by atoms with E-state index in [0.29, 0.717) is 12.6 Å². The minimum atomic E-state index is -3.17. The van der Waals surface area contributed by atoms with Crippen molar-refractivity contribution in [3.05, 3.63) is 22.4 Å². The molecule has 1 unspecified atom stereocenters. The molecule has 5 heteroatoms. The molecule has 1 atom stereocenters. The minimum Gasteiger partial charge on any atom is -0.333 e. The van der Waals surface area contributed by atoms with Gasteiger partial charge in [-0.15, -0.1) is 0 Å². The van der Waals surface area contributed by atoms with Crippen molar-refractivity contribution < 1.29 is 9.46 Å². The first-order valence-electron chi connectivity index (χ1n) is 5.68. The van der Waals surface area contributed by atoms with Crippen molar-refractivity contribution in [2.75, 3.05) is 6.16 Å². The van der Waals surface area contributed by atoms with Gasteiger partial charge < -0.3 is 4.89 Å². The number of thiophene rings is 1. The van der Waals surface area contributed by atoms with Crippen molar-refractivity contribution in [3.63, 3.8) is 0 Å². The lowest BCUT2D eigenvalue weighted by Crippen LogP contribution is -2.26. The highest BCUT2D eigenvalue weighted by Gasteiger charge is 2.20. The molecule has 92 valence electrons. The van der Waals surface area contributed by atoms with Crippen LogP contribution in [0.1, 0.15) is 32.3 Å². The molecular weight excluding hydrogens is 241 g/mol. The van der Waals surface area contributed by atoms with Crippen LogP contribution in [0.25, 0.3) is 0 Å². The van der Waals surface area contributed by atoms with Crippen LogP contribution in [0.2, 0.25) is 0 Å². The molecule has 2 N–H and O–H groups in total. The molecule has 0 aliphatic heterocycles. The van der Waals surface area contributed by atoms with Gasteiger partial charge in [0, 0.05) is 12.2 Å². The highest BCUT2D eigenvalue weighted by molar-refractivity contribution is 7.55. The Morgan fingerprint density at radius 2 is 2.19 bits per heavy atom. The van der Waals surface area contributed by atoms with E-state index < -0.39 is 7.52 Å². The fraction of sp³-hybridized carbons (Fsp3) is 0.636. The smallest absolute Gasteiger partial charge is 0.267 e. The average Bonchev–Trinajstić information content (AvgIpc) is 2.76. The van der Waals surface area contributed by atoms with Gasteiger partial charge in [0.05, 0.1) is 0 Å². The van der Waals surface area contributed by atoms with Crippen LogP contribution in [-0.2, 0) is 11.0 Å². The summed E-state index contributed by atoms with van der Waals surface area (Å²) in [5.74, 6) is 0. The van der Waals surface area contributed by atoms with Crippen LogP contribution in [-0.4, -0.2) is 17.1 Å². The largest absolute Gasteiger partial charge is 0.333 e. The van der Waals surface area contributed by atoms with E-state index in [4.69, 9.17) is 0 Å². The van der Waals surface area contributed by atoms with E-state index in [-0.39, 0.29) is 6.04 Å². The highest BCUT2D eigenvalue weighted by Crippen LogP contribution is 2.37. The molecule has 0 radical (unpaired) electrons. The van der Waals surface area contributed by atoms with Gasteiger partial charge in [0.2, 0.25) is 0 Å². The van der Waals surface area contributed by atoms with Crippen LogP contribution >= 0.6 is 18.9 Å². The number of aryl methyl sites for hydroxylation is 1. The Kier molecular flexibility index (Phi) is 5.70. The summed E-state index contributed by atoms with van der Waals surface area (Å²) in [5.41, 5.74) is 1.14. The van der Waals surface area contributed by atoms with Gasteiger partial charge in [-0.25, -0.2) is 5.09 Å². The summed E-state index contributed by atoms with van der Waals surface area (Å²) >= 11 is 1.62. The van der Waals surface area contributed by atoms with Crippen LogP contribution in [0.15, 0.2) is 16.8 Å². The molecule has 0 spiro atoms. The van der Waals surface area contributed by atoms with E-state index in [1.807, 2.05) is 30.7 Å². The molecule has 0 aromatic carbocycles. The fourth-order valence-electron chi connectivity index (χ4n) is 1.54. The van der Waals surface area contributed by atoms with Crippen LogP contribution < -0.4 is 5.09 Å². The third-order valence-corrected chi connectivity index (χ3v) is 4.98. The van der Waals surface area contributed by atoms with E-state index in [2.05, 4.69) is 5.09 Å². The molecule has 1 aromatic rings. The van der Waals surface area contributed by atoms with E-state index in [9.17, 15) is 9.46 Å².